The van der Waals surface area contributed by atoms with Gasteiger partial charge in [-0.2, -0.15) is 0 Å². The topological polar surface area (TPSA) is 67.6 Å². The molecule has 1 saturated heterocycles. The van der Waals surface area contributed by atoms with Crippen LogP contribution in [0.5, 0.6) is 0 Å². The summed E-state index contributed by atoms with van der Waals surface area (Å²) in [7, 11) is 1.73. The number of amides is 1. The van der Waals surface area contributed by atoms with Gasteiger partial charge in [-0.05, 0) is 32.2 Å². The lowest BCUT2D eigenvalue weighted by Gasteiger charge is -2.30. The van der Waals surface area contributed by atoms with Crippen LogP contribution >= 0.6 is 24.8 Å². The van der Waals surface area contributed by atoms with E-state index in [9.17, 15) is 4.79 Å². The average Bonchev–Trinajstić information content (AvgIpc) is 2.92. The maximum atomic E-state index is 12.4. The minimum atomic E-state index is -0.393. The minimum absolute atomic E-state index is 0. The molecule has 1 aliphatic rings. The molecule has 134 valence electrons. The Labute approximate surface area is 147 Å². The van der Waals surface area contributed by atoms with Crippen molar-refractivity contribution in [2.24, 2.45) is 11.1 Å². The third kappa shape index (κ3) is 6.20. The molecule has 0 bridgehead atoms. The predicted octanol–water partition coefficient (Wildman–Crippen LogP) is 1.82. The fraction of sp³-hybridized carbons (Fsp3) is 0.933. The molecule has 1 heterocycles. The van der Waals surface area contributed by atoms with Gasteiger partial charge in [-0.15, -0.1) is 24.8 Å². The van der Waals surface area contributed by atoms with E-state index in [1.165, 1.54) is 6.42 Å². The predicted molar refractivity (Wildman–Crippen MR) is 96.0 cm³/mol. The number of carbonyl (C=O) groups excluding carboxylic acids is 1. The van der Waals surface area contributed by atoms with Gasteiger partial charge in [0.15, 0.2) is 0 Å². The van der Waals surface area contributed by atoms with Crippen LogP contribution in [0.2, 0.25) is 0 Å². The maximum absolute atomic E-state index is 12.4. The number of nitrogens with one attached hydrogen (secondary N) is 1. The van der Waals surface area contributed by atoms with Crippen LogP contribution < -0.4 is 11.1 Å². The molecule has 0 aromatic rings. The van der Waals surface area contributed by atoms with E-state index in [0.717, 1.165) is 45.5 Å². The Bertz CT molecular complexity index is 294. The van der Waals surface area contributed by atoms with Crippen LogP contribution in [0.3, 0.4) is 0 Å². The zero-order valence-electron chi connectivity index (χ0n) is 14.1. The van der Waals surface area contributed by atoms with Crippen molar-refractivity contribution in [1.82, 2.24) is 10.2 Å². The van der Waals surface area contributed by atoms with E-state index in [4.69, 9.17) is 10.5 Å². The van der Waals surface area contributed by atoms with Gasteiger partial charge in [-0.3, -0.25) is 9.69 Å². The Balaban J connectivity index is 0. The SMILES string of the molecule is CCC(CC)(CN)C(=O)NCC1CCCN1CCOC.Cl.Cl. The Morgan fingerprint density at radius 1 is 1.36 bits per heavy atom. The molecule has 0 aromatic carbocycles. The number of methoxy groups -OCH3 is 1. The van der Waals surface area contributed by atoms with Crippen LogP contribution in [-0.4, -0.2) is 56.7 Å². The molecule has 1 unspecified atom stereocenters. The third-order valence-corrected chi connectivity index (χ3v) is 4.81. The molecule has 5 nitrogen and oxygen atoms in total. The summed E-state index contributed by atoms with van der Waals surface area (Å²) in [5, 5.41) is 3.12. The summed E-state index contributed by atoms with van der Waals surface area (Å²) in [4.78, 5) is 14.8. The summed E-state index contributed by atoms with van der Waals surface area (Å²) in [5.41, 5.74) is 5.43. The van der Waals surface area contributed by atoms with E-state index in [1.807, 2.05) is 13.8 Å². The number of likely N-dealkylation sites (tertiary alicyclic amines) is 1. The normalized spacial score (nSPS) is 18.5. The summed E-state index contributed by atoms with van der Waals surface area (Å²) >= 11 is 0. The molecule has 22 heavy (non-hydrogen) atoms. The molecule has 1 amide bonds. The lowest BCUT2D eigenvalue weighted by atomic mass is 9.81. The monoisotopic (exact) mass is 357 g/mol. The Morgan fingerprint density at radius 3 is 2.50 bits per heavy atom. The smallest absolute Gasteiger partial charge is 0.227 e. The molecule has 3 N–H and O–H groups in total. The lowest BCUT2D eigenvalue weighted by Crippen LogP contribution is -2.49. The number of carbonyl (C=O) groups is 1. The molecule has 0 aliphatic carbocycles. The van der Waals surface area contributed by atoms with E-state index >= 15 is 0 Å². The number of hydrogen-bond acceptors (Lipinski definition) is 4. The fourth-order valence-electron chi connectivity index (χ4n) is 2.98. The summed E-state index contributed by atoms with van der Waals surface area (Å²) in [6.45, 7) is 8.02. The first kappa shape index (κ1) is 24.2. The van der Waals surface area contributed by atoms with Crippen LogP contribution in [0.1, 0.15) is 39.5 Å². The first-order valence-corrected chi connectivity index (χ1v) is 7.84. The number of nitrogens with zero attached hydrogens (tertiary/aromatic N) is 1. The molecular weight excluding hydrogens is 325 g/mol. The van der Waals surface area contributed by atoms with Gasteiger partial charge in [0.2, 0.25) is 5.91 Å². The zero-order chi connectivity index (χ0) is 15.0. The largest absolute Gasteiger partial charge is 0.383 e. The Kier molecular flexibility index (Phi) is 13.6. The van der Waals surface area contributed by atoms with Gasteiger partial charge < -0.3 is 15.8 Å². The molecule has 1 aliphatic heterocycles. The van der Waals surface area contributed by atoms with E-state index < -0.39 is 5.41 Å². The van der Waals surface area contributed by atoms with E-state index in [1.54, 1.807) is 7.11 Å². The highest BCUT2D eigenvalue weighted by Gasteiger charge is 2.34. The van der Waals surface area contributed by atoms with Crippen molar-refractivity contribution in [3.05, 3.63) is 0 Å². The summed E-state index contributed by atoms with van der Waals surface area (Å²) in [5.74, 6) is 0.114. The van der Waals surface area contributed by atoms with Crippen LogP contribution in [0.15, 0.2) is 0 Å². The van der Waals surface area contributed by atoms with Crippen molar-refractivity contribution in [2.75, 3.05) is 39.9 Å². The second kappa shape index (κ2) is 12.4. The third-order valence-electron chi connectivity index (χ3n) is 4.81. The number of nitrogens with two attached hydrogens (primary N) is 1. The lowest BCUT2D eigenvalue weighted by molar-refractivity contribution is -0.131. The van der Waals surface area contributed by atoms with E-state index in [2.05, 4.69) is 10.2 Å². The maximum Gasteiger partial charge on any atom is 0.227 e. The molecule has 1 rings (SSSR count). The number of ether oxygens (including phenoxy) is 1. The molecule has 0 saturated carbocycles. The Hall–Kier alpha value is -0.0700. The fourth-order valence-corrected chi connectivity index (χ4v) is 2.98. The summed E-state index contributed by atoms with van der Waals surface area (Å²) in [6.07, 6.45) is 3.94. The van der Waals surface area contributed by atoms with E-state index in [-0.39, 0.29) is 30.7 Å². The number of rotatable bonds is 9. The number of hydrogen-bond donors (Lipinski definition) is 2. The van der Waals surface area contributed by atoms with Crippen molar-refractivity contribution >= 4 is 30.7 Å². The van der Waals surface area contributed by atoms with Gasteiger partial charge in [0, 0.05) is 32.8 Å². The standard InChI is InChI=1S/C15H31N3O2.2ClH/c1-4-15(5-2,12-16)14(19)17-11-13-7-6-8-18(13)9-10-20-3;;/h13H,4-12,16H2,1-3H3,(H,17,19);2*1H. The van der Waals surface area contributed by atoms with Gasteiger partial charge in [0.05, 0.1) is 12.0 Å². The van der Waals surface area contributed by atoms with Crippen molar-refractivity contribution in [1.29, 1.82) is 0 Å². The first-order valence-electron chi connectivity index (χ1n) is 7.84. The quantitative estimate of drug-likeness (QED) is 0.660. The molecule has 0 aromatic heterocycles. The van der Waals surface area contributed by atoms with Crippen LogP contribution in [0, 0.1) is 5.41 Å². The number of halogens is 2. The van der Waals surface area contributed by atoms with Crippen LogP contribution in [-0.2, 0) is 9.53 Å². The van der Waals surface area contributed by atoms with Crippen molar-refractivity contribution in [3.63, 3.8) is 0 Å². The van der Waals surface area contributed by atoms with Crippen molar-refractivity contribution < 1.29 is 9.53 Å². The Morgan fingerprint density at radius 2 is 2.00 bits per heavy atom. The van der Waals surface area contributed by atoms with Crippen molar-refractivity contribution in [2.45, 2.75) is 45.6 Å². The van der Waals surface area contributed by atoms with Crippen LogP contribution in [0.25, 0.3) is 0 Å². The summed E-state index contributed by atoms with van der Waals surface area (Å²) in [6, 6.07) is 0.443. The molecular formula is C15H33Cl2N3O2. The highest BCUT2D eigenvalue weighted by atomic mass is 35.5. The highest BCUT2D eigenvalue weighted by molar-refractivity contribution is 5.85. The van der Waals surface area contributed by atoms with Gasteiger partial charge in [0.1, 0.15) is 0 Å². The zero-order valence-corrected chi connectivity index (χ0v) is 15.7. The molecule has 0 spiro atoms. The second-order valence-corrected chi connectivity index (χ2v) is 5.73. The minimum Gasteiger partial charge on any atom is -0.383 e. The summed E-state index contributed by atoms with van der Waals surface area (Å²) < 4.78 is 5.14. The van der Waals surface area contributed by atoms with Crippen molar-refractivity contribution in [3.8, 4) is 0 Å². The van der Waals surface area contributed by atoms with Gasteiger partial charge in [-0.1, -0.05) is 13.8 Å². The highest BCUT2D eigenvalue weighted by Crippen LogP contribution is 2.25. The molecule has 1 atom stereocenters. The van der Waals surface area contributed by atoms with Gasteiger partial charge in [-0.25, -0.2) is 0 Å². The van der Waals surface area contributed by atoms with Gasteiger partial charge in [0.25, 0.3) is 0 Å². The molecule has 7 heteroatoms. The second-order valence-electron chi connectivity index (χ2n) is 5.73. The molecule has 0 radical (unpaired) electrons. The van der Waals surface area contributed by atoms with Crippen LogP contribution in [0.4, 0.5) is 0 Å². The first-order chi connectivity index (χ1) is 9.63. The van der Waals surface area contributed by atoms with E-state index in [0.29, 0.717) is 12.6 Å². The average molecular weight is 358 g/mol. The van der Waals surface area contributed by atoms with Gasteiger partial charge >= 0.3 is 0 Å². The molecule has 1 fully saturated rings.